The number of aromatic nitrogens is 1. The zero-order valence-electron chi connectivity index (χ0n) is 11.5. The minimum absolute atomic E-state index is 0.0929. The highest BCUT2D eigenvalue weighted by atomic mass is 16.5. The van der Waals surface area contributed by atoms with Crippen molar-refractivity contribution < 1.29 is 4.74 Å². The number of nitrogens with zero attached hydrogens (tertiary/aromatic N) is 1. The maximum Gasteiger partial charge on any atom is 0.0842 e. The van der Waals surface area contributed by atoms with E-state index in [1.165, 1.54) is 16.7 Å². The Bertz CT molecular complexity index is 556. The molecule has 1 aromatic heterocycles. The molecule has 0 spiro atoms. The number of benzene rings is 1. The number of ether oxygens (including phenoxy) is 1. The van der Waals surface area contributed by atoms with Gasteiger partial charge in [0.05, 0.1) is 12.7 Å². The zero-order valence-corrected chi connectivity index (χ0v) is 11.5. The lowest BCUT2D eigenvalue weighted by atomic mass is 9.92. The first-order valence-electron chi connectivity index (χ1n) is 7.17. The van der Waals surface area contributed by atoms with Gasteiger partial charge < -0.3 is 10.5 Å². The van der Waals surface area contributed by atoms with Crippen LogP contribution in [0.4, 0.5) is 0 Å². The summed E-state index contributed by atoms with van der Waals surface area (Å²) in [6.07, 6.45) is 6.50. The van der Waals surface area contributed by atoms with Crippen molar-refractivity contribution in [3.05, 3.63) is 65.5 Å². The number of rotatable bonds is 4. The van der Waals surface area contributed by atoms with Crippen LogP contribution in [-0.4, -0.2) is 17.6 Å². The topological polar surface area (TPSA) is 48.1 Å². The van der Waals surface area contributed by atoms with E-state index >= 15 is 0 Å². The summed E-state index contributed by atoms with van der Waals surface area (Å²) in [5, 5.41) is 0. The highest BCUT2D eigenvalue weighted by molar-refractivity contribution is 5.31. The first-order chi connectivity index (χ1) is 9.83. The van der Waals surface area contributed by atoms with Crippen LogP contribution >= 0.6 is 0 Å². The number of hydrogen-bond acceptors (Lipinski definition) is 3. The first-order valence-corrected chi connectivity index (χ1v) is 7.17. The van der Waals surface area contributed by atoms with E-state index in [4.69, 9.17) is 10.5 Å². The van der Waals surface area contributed by atoms with Crippen molar-refractivity contribution in [1.82, 2.24) is 4.98 Å². The molecule has 1 aliphatic rings. The number of fused-ring (bicyclic) bond motifs is 1. The standard InChI is InChI=1S/C17H20N2O/c18-15(10-13-4-3-8-19-12-13)11-17-16-6-2-1-5-14(16)7-9-20-17/h1-6,8,12,15,17H,7,9-11,18H2. The summed E-state index contributed by atoms with van der Waals surface area (Å²) in [6.45, 7) is 0.793. The predicted molar refractivity (Wildman–Crippen MR) is 79.4 cm³/mol. The number of nitrogens with two attached hydrogens (primary N) is 1. The fourth-order valence-electron chi connectivity index (χ4n) is 2.85. The molecule has 2 N–H and O–H groups in total. The van der Waals surface area contributed by atoms with Gasteiger partial charge in [-0.25, -0.2) is 0 Å². The molecule has 2 heterocycles. The highest BCUT2D eigenvalue weighted by Gasteiger charge is 2.22. The summed E-state index contributed by atoms with van der Waals surface area (Å²) in [5.41, 5.74) is 10.2. The second-order valence-corrected chi connectivity index (χ2v) is 5.37. The van der Waals surface area contributed by atoms with Gasteiger partial charge in [-0.15, -0.1) is 0 Å². The Hall–Kier alpha value is -1.71. The summed E-state index contributed by atoms with van der Waals surface area (Å²) in [4.78, 5) is 4.13. The van der Waals surface area contributed by atoms with E-state index in [0.717, 1.165) is 25.9 Å². The fourth-order valence-corrected chi connectivity index (χ4v) is 2.85. The molecule has 0 saturated carbocycles. The molecule has 2 atom stereocenters. The average molecular weight is 268 g/mol. The zero-order chi connectivity index (χ0) is 13.8. The van der Waals surface area contributed by atoms with Gasteiger partial charge in [0.25, 0.3) is 0 Å². The van der Waals surface area contributed by atoms with Crippen LogP contribution in [0.1, 0.15) is 29.2 Å². The van der Waals surface area contributed by atoms with Crippen LogP contribution in [0.15, 0.2) is 48.8 Å². The quantitative estimate of drug-likeness (QED) is 0.927. The molecule has 0 radical (unpaired) electrons. The minimum atomic E-state index is 0.0929. The second-order valence-electron chi connectivity index (χ2n) is 5.37. The third-order valence-corrected chi connectivity index (χ3v) is 3.83. The Morgan fingerprint density at radius 1 is 1.25 bits per heavy atom. The van der Waals surface area contributed by atoms with Crippen LogP contribution in [0.5, 0.6) is 0 Å². The smallest absolute Gasteiger partial charge is 0.0842 e. The van der Waals surface area contributed by atoms with Crippen LogP contribution in [0.2, 0.25) is 0 Å². The molecule has 2 unspecified atom stereocenters. The molecular weight excluding hydrogens is 248 g/mol. The maximum atomic E-state index is 6.29. The van der Waals surface area contributed by atoms with E-state index in [2.05, 4.69) is 35.3 Å². The Kier molecular flexibility index (Phi) is 4.09. The van der Waals surface area contributed by atoms with Gasteiger partial charge in [-0.1, -0.05) is 30.3 Å². The van der Waals surface area contributed by atoms with Crippen molar-refractivity contribution in [2.75, 3.05) is 6.61 Å². The summed E-state index contributed by atoms with van der Waals surface area (Å²) < 4.78 is 5.92. The third-order valence-electron chi connectivity index (χ3n) is 3.83. The van der Waals surface area contributed by atoms with Crippen LogP contribution in [0, 0.1) is 0 Å². The molecule has 0 fully saturated rings. The van der Waals surface area contributed by atoms with E-state index in [-0.39, 0.29) is 12.1 Å². The van der Waals surface area contributed by atoms with Gasteiger partial charge in [0, 0.05) is 18.4 Å². The maximum absolute atomic E-state index is 6.29. The summed E-state index contributed by atoms with van der Waals surface area (Å²) >= 11 is 0. The molecule has 0 amide bonds. The van der Waals surface area contributed by atoms with Gasteiger partial charge in [0.1, 0.15) is 0 Å². The number of hydrogen-bond donors (Lipinski definition) is 1. The van der Waals surface area contributed by atoms with Crippen molar-refractivity contribution in [3.63, 3.8) is 0 Å². The molecule has 3 nitrogen and oxygen atoms in total. The molecule has 3 rings (SSSR count). The lowest BCUT2D eigenvalue weighted by Gasteiger charge is -2.28. The SMILES string of the molecule is NC(Cc1cccnc1)CC1OCCc2ccccc21. The van der Waals surface area contributed by atoms with Gasteiger partial charge in [0.2, 0.25) is 0 Å². The predicted octanol–water partition coefficient (Wildman–Crippen LogP) is 2.66. The van der Waals surface area contributed by atoms with Gasteiger partial charge in [-0.2, -0.15) is 0 Å². The van der Waals surface area contributed by atoms with Gasteiger partial charge in [-0.05, 0) is 42.0 Å². The molecule has 104 valence electrons. The van der Waals surface area contributed by atoms with E-state index in [9.17, 15) is 0 Å². The molecule has 1 aromatic carbocycles. The largest absolute Gasteiger partial charge is 0.373 e. The normalized spacial score (nSPS) is 19.4. The van der Waals surface area contributed by atoms with E-state index in [0.29, 0.717) is 0 Å². The van der Waals surface area contributed by atoms with Gasteiger partial charge >= 0.3 is 0 Å². The van der Waals surface area contributed by atoms with Crippen LogP contribution < -0.4 is 5.73 Å². The van der Waals surface area contributed by atoms with Crippen LogP contribution in [0.25, 0.3) is 0 Å². The fraction of sp³-hybridized carbons (Fsp3) is 0.353. The molecule has 0 bridgehead atoms. The first kappa shape index (κ1) is 13.3. The third kappa shape index (κ3) is 3.06. The van der Waals surface area contributed by atoms with Crippen molar-refractivity contribution >= 4 is 0 Å². The van der Waals surface area contributed by atoms with Crippen molar-refractivity contribution in [3.8, 4) is 0 Å². The van der Waals surface area contributed by atoms with Crippen LogP contribution in [0.3, 0.4) is 0 Å². The lowest BCUT2D eigenvalue weighted by Crippen LogP contribution is -2.28. The Morgan fingerprint density at radius 3 is 3.00 bits per heavy atom. The monoisotopic (exact) mass is 268 g/mol. The molecular formula is C17H20N2O. The molecule has 3 heteroatoms. The molecule has 20 heavy (non-hydrogen) atoms. The van der Waals surface area contributed by atoms with Crippen LogP contribution in [-0.2, 0) is 17.6 Å². The van der Waals surface area contributed by atoms with Crippen molar-refractivity contribution in [1.29, 1.82) is 0 Å². The Labute approximate surface area is 119 Å². The average Bonchev–Trinajstić information content (AvgIpc) is 2.48. The summed E-state index contributed by atoms with van der Waals surface area (Å²) in [7, 11) is 0. The Balaban J connectivity index is 1.66. The Morgan fingerprint density at radius 2 is 2.15 bits per heavy atom. The van der Waals surface area contributed by atoms with Gasteiger partial charge in [0.15, 0.2) is 0 Å². The van der Waals surface area contributed by atoms with E-state index in [1.807, 2.05) is 12.3 Å². The van der Waals surface area contributed by atoms with E-state index in [1.54, 1.807) is 6.20 Å². The van der Waals surface area contributed by atoms with E-state index < -0.39 is 0 Å². The van der Waals surface area contributed by atoms with Crippen molar-refractivity contribution in [2.45, 2.75) is 31.4 Å². The van der Waals surface area contributed by atoms with Gasteiger partial charge in [-0.3, -0.25) is 4.98 Å². The van der Waals surface area contributed by atoms with Crippen molar-refractivity contribution in [2.24, 2.45) is 5.73 Å². The lowest BCUT2D eigenvalue weighted by molar-refractivity contribution is 0.0321. The summed E-state index contributed by atoms with van der Waals surface area (Å²) in [6, 6.07) is 12.6. The molecule has 0 aliphatic carbocycles. The molecule has 1 aliphatic heterocycles. The molecule has 0 saturated heterocycles. The molecule has 2 aromatic rings. The highest BCUT2D eigenvalue weighted by Crippen LogP contribution is 2.30. The second kappa shape index (κ2) is 6.16. The summed E-state index contributed by atoms with van der Waals surface area (Å²) in [5.74, 6) is 0. The minimum Gasteiger partial charge on any atom is -0.373 e. The number of pyridine rings is 1.